The zero-order valence-corrected chi connectivity index (χ0v) is 13.0. The number of carbonyl (C=O) groups is 1. The van der Waals surface area contributed by atoms with Gasteiger partial charge in [0.15, 0.2) is 0 Å². The molecule has 5 nitrogen and oxygen atoms in total. The molecule has 0 aromatic heterocycles. The number of carbonyl (C=O) groups excluding carboxylic acids is 1. The molecule has 2 amide bonds. The van der Waals surface area contributed by atoms with Crippen LogP contribution in [0.25, 0.3) is 0 Å². The molecule has 3 aliphatic rings. The number of hydrogen-bond acceptors (Lipinski definition) is 3. The van der Waals surface area contributed by atoms with Gasteiger partial charge in [-0.2, -0.15) is 0 Å². The van der Waals surface area contributed by atoms with Crippen molar-refractivity contribution in [2.45, 2.75) is 75.5 Å². The average molecular weight is 295 g/mol. The van der Waals surface area contributed by atoms with Crippen LogP contribution in [-0.2, 0) is 4.74 Å². The quantitative estimate of drug-likeness (QED) is 0.837. The van der Waals surface area contributed by atoms with Crippen molar-refractivity contribution in [1.29, 1.82) is 0 Å². The normalized spacial score (nSPS) is 30.6. The summed E-state index contributed by atoms with van der Waals surface area (Å²) in [4.78, 5) is 13.4. The Kier molecular flexibility index (Phi) is 4.69. The molecule has 21 heavy (non-hydrogen) atoms. The van der Waals surface area contributed by atoms with Crippen LogP contribution < -0.4 is 11.1 Å². The van der Waals surface area contributed by atoms with E-state index >= 15 is 0 Å². The van der Waals surface area contributed by atoms with Crippen molar-refractivity contribution in [2.75, 3.05) is 19.6 Å². The van der Waals surface area contributed by atoms with Crippen LogP contribution in [0.2, 0.25) is 0 Å². The molecule has 2 aliphatic heterocycles. The maximum Gasteiger partial charge on any atom is 0.312 e. The molecule has 0 aromatic rings. The van der Waals surface area contributed by atoms with Crippen LogP contribution in [0.4, 0.5) is 4.79 Å². The van der Waals surface area contributed by atoms with Crippen LogP contribution in [0.1, 0.15) is 57.8 Å². The highest BCUT2D eigenvalue weighted by Gasteiger charge is 2.41. The van der Waals surface area contributed by atoms with E-state index in [9.17, 15) is 4.79 Å². The number of urea groups is 1. The van der Waals surface area contributed by atoms with Gasteiger partial charge in [0, 0.05) is 25.7 Å². The molecule has 1 saturated carbocycles. The smallest absolute Gasteiger partial charge is 0.312 e. The van der Waals surface area contributed by atoms with Crippen molar-refractivity contribution >= 4 is 6.03 Å². The van der Waals surface area contributed by atoms with E-state index in [1.165, 1.54) is 44.9 Å². The predicted octanol–water partition coefficient (Wildman–Crippen LogP) is 2.00. The van der Waals surface area contributed by atoms with Gasteiger partial charge in [-0.3, -0.25) is 0 Å². The summed E-state index contributed by atoms with van der Waals surface area (Å²) < 4.78 is 6.45. The molecule has 2 heterocycles. The van der Waals surface area contributed by atoms with E-state index in [-0.39, 0.29) is 11.6 Å². The van der Waals surface area contributed by atoms with E-state index in [2.05, 4.69) is 10.2 Å². The number of nitrogens with one attached hydrogen (secondary N) is 1. The predicted molar refractivity (Wildman–Crippen MR) is 82.1 cm³/mol. The van der Waals surface area contributed by atoms with E-state index in [1.807, 2.05) is 0 Å². The molecule has 120 valence electrons. The number of primary amides is 1. The lowest BCUT2D eigenvalue weighted by atomic mass is 9.83. The standard InChI is InChI=1S/C16H29N3O2/c17-15(20)18-13-5-10-19(11-6-13)12-14-4-9-16(21-14)7-2-1-3-8-16/h13-14H,1-12H2,(H3,17,18,20)/t14-/m0/s1. The maximum absolute atomic E-state index is 10.9. The molecule has 3 fully saturated rings. The molecular formula is C16H29N3O2. The SMILES string of the molecule is NC(=O)NC1CCN(C[C@@H]2CCC3(CCCCC3)O2)CC1. The summed E-state index contributed by atoms with van der Waals surface area (Å²) in [6.07, 6.45) is 11.5. The van der Waals surface area contributed by atoms with Crippen LogP contribution in [0.5, 0.6) is 0 Å². The van der Waals surface area contributed by atoms with Gasteiger partial charge >= 0.3 is 6.03 Å². The fourth-order valence-corrected chi connectivity index (χ4v) is 4.34. The minimum Gasteiger partial charge on any atom is -0.370 e. The molecular weight excluding hydrogens is 266 g/mol. The second kappa shape index (κ2) is 6.53. The maximum atomic E-state index is 10.9. The van der Waals surface area contributed by atoms with Crippen LogP contribution in [0.15, 0.2) is 0 Å². The van der Waals surface area contributed by atoms with Crippen molar-refractivity contribution in [1.82, 2.24) is 10.2 Å². The first-order valence-corrected chi connectivity index (χ1v) is 8.61. The Morgan fingerprint density at radius 2 is 1.86 bits per heavy atom. The number of amides is 2. The van der Waals surface area contributed by atoms with E-state index in [1.54, 1.807) is 0 Å². The molecule has 1 spiro atoms. The van der Waals surface area contributed by atoms with Gasteiger partial charge < -0.3 is 20.7 Å². The average Bonchev–Trinajstić information content (AvgIpc) is 2.84. The molecule has 0 aromatic carbocycles. The number of nitrogens with two attached hydrogens (primary N) is 1. The lowest BCUT2D eigenvalue weighted by Crippen LogP contribution is -2.48. The molecule has 0 radical (unpaired) electrons. The number of hydrogen-bond donors (Lipinski definition) is 2. The van der Waals surface area contributed by atoms with Crippen molar-refractivity contribution < 1.29 is 9.53 Å². The molecule has 0 unspecified atom stereocenters. The summed E-state index contributed by atoms with van der Waals surface area (Å²) in [5.41, 5.74) is 5.42. The van der Waals surface area contributed by atoms with E-state index < -0.39 is 6.03 Å². The molecule has 1 aliphatic carbocycles. The number of likely N-dealkylation sites (tertiary alicyclic amines) is 1. The topological polar surface area (TPSA) is 67.6 Å². The highest BCUT2D eigenvalue weighted by molar-refractivity contribution is 5.71. The second-order valence-corrected chi connectivity index (χ2v) is 7.11. The highest BCUT2D eigenvalue weighted by Crippen LogP contribution is 2.42. The molecule has 3 rings (SSSR count). The first kappa shape index (κ1) is 15.1. The number of nitrogens with zero attached hydrogens (tertiary/aromatic N) is 1. The summed E-state index contributed by atoms with van der Waals surface area (Å²) in [6.45, 7) is 3.14. The monoisotopic (exact) mass is 295 g/mol. The van der Waals surface area contributed by atoms with Crippen molar-refractivity contribution in [3.63, 3.8) is 0 Å². The van der Waals surface area contributed by atoms with E-state index in [0.29, 0.717) is 6.10 Å². The third kappa shape index (κ3) is 3.89. The Labute approximate surface area is 127 Å². The van der Waals surface area contributed by atoms with Crippen LogP contribution in [-0.4, -0.2) is 48.3 Å². The largest absolute Gasteiger partial charge is 0.370 e. The zero-order valence-electron chi connectivity index (χ0n) is 13.0. The van der Waals surface area contributed by atoms with Crippen molar-refractivity contribution in [3.05, 3.63) is 0 Å². The van der Waals surface area contributed by atoms with Gasteiger partial charge in [0.1, 0.15) is 0 Å². The van der Waals surface area contributed by atoms with Crippen molar-refractivity contribution in [2.24, 2.45) is 5.73 Å². The fraction of sp³-hybridized carbons (Fsp3) is 0.938. The molecule has 2 saturated heterocycles. The van der Waals surface area contributed by atoms with Gasteiger partial charge in [0.2, 0.25) is 0 Å². The Bertz CT molecular complexity index is 361. The third-order valence-corrected chi connectivity index (χ3v) is 5.50. The van der Waals surface area contributed by atoms with Gasteiger partial charge in [-0.25, -0.2) is 4.79 Å². The molecule has 1 atom stereocenters. The first-order valence-electron chi connectivity index (χ1n) is 8.61. The molecule has 3 N–H and O–H groups in total. The number of rotatable bonds is 3. The van der Waals surface area contributed by atoms with Crippen LogP contribution >= 0.6 is 0 Å². The van der Waals surface area contributed by atoms with Crippen LogP contribution in [0.3, 0.4) is 0 Å². The second-order valence-electron chi connectivity index (χ2n) is 7.11. The lowest BCUT2D eigenvalue weighted by molar-refractivity contribution is -0.0731. The van der Waals surface area contributed by atoms with E-state index in [0.717, 1.165) is 32.5 Å². The summed E-state index contributed by atoms with van der Waals surface area (Å²) in [7, 11) is 0. The highest BCUT2D eigenvalue weighted by atomic mass is 16.5. The molecule has 5 heteroatoms. The summed E-state index contributed by atoms with van der Waals surface area (Å²) in [6, 6.07) is -0.139. The summed E-state index contributed by atoms with van der Waals surface area (Å²) in [5, 5.41) is 2.82. The molecule has 0 bridgehead atoms. The Hall–Kier alpha value is -0.810. The Morgan fingerprint density at radius 1 is 1.14 bits per heavy atom. The van der Waals surface area contributed by atoms with Gasteiger partial charge in [-0.05, 0) is 38.5 Å². The van der Waals surface area contributed by atoms with Gasteiger partial charge in [-0.1, -0.05) is 19.3 Å². The van der Waals surface area contributed by atoms with E-state index in [4.69, 9.17) is 10.5 Å². The lowest BCUT2D eigenvalue weighted by Gasteiger charge is -2.36. The zero-order chi connectivity index (χ0) is 14.7. The first-order chi connectivity index (χ1) is 10.2. The minimum absolute atomic E-state index is 0.231. The minimum atomic E-state index is -0.396. The fourth-order valence-electron chi connectivity index (χ4n) is 4.34. The summed E-state index contributed by atoms with van der Waals surface area (Å²) >= 11 is 0. The van der Waals surface area contributed by atoms with Gasteiger partial charge in [-0.15, -0.1) is 0 Å². The third-order valence-electron chi connectivity index (χ3n) is 5.50. The number of piperidine rings is 1. The number of ether oxygens (including phenoxy) is 1. The Balaban J connectivity index is 1.41. The van der Waals surface area contributed by atoms with Crippen LogP contribution in [0, 0.1) is 0 Å². The van der Waals surface area contributed by atoms with Gasteiger partial charge in [0.05, 0.1) is 11.7 Å². The Morgan fingerprint density at radius 3 is 2.52 bits per heavy atom. The van der Waals surface area contributed by atoms with Gasteiger partial charge in [0.25, 0.3) is 0 Å². The summed E-state index contributed by atoms with van der Waals surface area (Å²) in [5.74, 6) is 0. The van der Waals surface area contributed by atoms with Crippen molar-refractivity contribution in [3.8, 4) is 0 Å².